The van der Waals surface area contributed by atoms with Gasteiger partial charge in [0.15, 0.2) is 0 Å². The highest BCUT2D eigenvalue weighted by Crippen LogP contribution is 2.30. The third-order valence-corrected chi connectivity index (χ3v) is 6.26. The lowest BCUT2D eigenvalue weighted by atomic mass is 9.99. The maximum Gasteiger partial charge on any atom is 0.243 e. The number of carbonyl (C=O) groups is 2. The average Bonchev–Trinajstić information content (AvgIpc) is 2.84. The number of hydrogen-bond acceptors (Lipinski definition) is 6. The van der Waals surface area contributed by atoms with Crippen molar-refractivity contribution in [2.75, 3.05) is 30.8 Å². The smallest absolute Gasteiger partial charge is 0.243 e. The summed E-state index contributed by atoms with van der Waals surface area (Å²) < 4.78 is 5.32. The summed E-state index contributed by atoms with van der Waals surface area (Å²) in [5.74, 6) is 1.15. The molecule has 0 bridgehead atoms. The quantitative estimate of drug-likeness (QED) is 0.665. The van der Waals surface area contributed by atoms with Gasteiger partial charge in [-0.25, -0.2) is 4.98 Å². The normalized spacial score (nSPS) is 15.1. The Hall–Kier alpha value is -3.94. The van der Waals surface area contributed by atoms with Crippen molar-refractivity contribution >= 4 is 23.3 Å². The topological polar surface area (TPSA) is 102 Å². The molecular weight excluding hydrogens is 418 g/mol. The number of nitrogens with two attached hydrogens (primary N) is 1. The van der Waals surface area contributed by atoms with Gasteiger partial charge in [0.25, 0.3) is 0 Å². The van der Waals surface area contributed by atoms with Crippen molar-refractivity contribution in [1.82, 2.24) is 14.9 Å². The number of aromatic nitrogens is 2. The first-order valence-corrected chi connectivity index (χ1v) is 11.0. The number of nitrogen functional groups attached to an aromatic ring is 1. The molecule has 1 aromatic carbocycles. The average molecular weight is 444 g/mol. The first kappa shape index (κ1) is 20.9. The molecule has 0 atom stereocenters. The minimum absolute atomic E-state index is 0.0198. The Balaban J connectivity index is 1.36. The van der Waals surface area contributed by atoms with Crippen LogP contribution in [0.25, 0.3) is 11.3 Å². The van der Waals surface area contributed by atoms with E-state index in [4.69, 9.17) is 10.5 Å². The van der Waals surface area contributed by atoms with Crippen molar-refractivity contribution in [3.05, 3.63) is 65.5 Å². The molecule has 3 aromatic rings. The Kier molecular flexibility index (Phi) is 5.42. The van der Waals surface area contributed by atoms with Crippen LogP contribution in [0.2, 0.25) is 0 Å². The minimum Gasteiger partial charge on any atom is -0.497 e. The van der Waals surface area contributed by atoms with Crippen LogP contribution < -0.4 is 15.4 Å². The number of amides is 2. The molecule has 0 unspecified atom stereocenters. The number of carbonyl (C=O) groups excluding carboxylic acids is 2. The van der Waals surface area contributed by atoms with E-state index in [0.29, 0.717) is 37.4 Å². The predicted molar refractivity (Wildman–Crippen MR) is 125 cm³/mol. The van der Waals surface area contributed by atoms with E-state index in [1.807, 2.05) is 18.2 Å². The van der Waals surface area contributed by atoms with Crippen LogP contribution >= 0.6 is 0 Å². The number of fused-ring (bicyclic) bond motifs is 2. The van der Waals surface area contributed by atoms with E-state index in [2.05, 4.69) is 16.0 Å². The van der Waals surface area contributed by atoms with Crippen molar-refractivity contribution in [3.63, 3.8) is 0 Å². The second-order valence-electron chi connectivity index (χ2n) is 8.36. The molecule has 168 valence electrons. The number of rotatable bonds is 4. The summed E-state index contributed by atoms with van der Waals surface area (Å²) in [7, 11) is 1.63. The molecule has 8 heteroatoms. The third-order valence-electron chi connectivity index (χ3n) is 6.26. The minimum atomic E-state index is -0.0898. The summed E-state index contributed by atoms with van der Waals surface area (Å²) in [4.78, 5) is 38.1. The second-order valence-corrected chi connectivity index (χ2v) is 8.36. The predicted octanol–water partition coefficient (Wildman–Crippen LogP) is 2.60. The number of nitrogens with zero attached hydrogens (tertiary/aromatic N) is 4. The lowest BCUT2D eigenvalue weighted by Crippen LogP contribution is -2.46. The lowest BCUT2D eigenvalue weighted by molar-refractivity contribution is -0.132. The van der Waals surface area contributed by atoms with Crippen LogP contribution in [0.3, 0.4) is 0 Å². The number of anilines is 2. The standard InChI is InChI=1S/C25H25N5O3/c1-33-21-4-2-16-7-9-29(14-19(16)11-21)24(32)15-30-23(31)5-3-17-10-18(13-28-25(17)30)22-12-20(26)6-8-27-22/h2,4,6,8,10-13H,3,5,7,9,14-15H2,1H3,(H2,26,27). The Morgan fingerprint density at radius 1 is 1.06 bits per heavy atom. The highest BCUT2D eigenvalue weighted by atomic mass is 16.5. The lowest BCUT2D eigenvalue weighted by Gasteiger charge is -2.33. The highest BCUT2D eigenvalue weighted by molar-refractivity contribution is 6.00. The molecule has 0 fully saturated rings. The maximum atomic E-state index is 13.2. The summed E-state index contributed by atoms with van der Waals surface area (Å²) in [5, 5.41) is 0. The molecule has 2 N–H and O–H groups in total. The van der Waals surface area contributed by atoms with Gasteiger partial charge in [-0.05, 0) is 59.9 Å². The molecule has 0 spiro atoms. The number of ether oxygens (including phenoxy) is 1. The Morgan fingerprint density at radius 3 is 2.76 bits per heavy atom. The van der Waals surface area contributed by atoms with Crippen LogP contribution in [0.1, 0.15) is 23.1 Å². The zero-order valence-electron chi connectivity index (χ0n) is 18.5. The molecular formula is C25H25N5O3. The van der Waals surface area contributed by atoms with E-state index >= 15 is 0 Å². The van der Waals surface area contributed by atoms with Gasteiger partial charge in [-0.3, -0.25) is 19.5 Å². The van der Waals surface area contributed by atoms with E-state index < -0.39 is 0 Å². The van der Waals surface area contributed by atoms with Crippen LogP contribution in [0.15, 0.2) is 48.8 Å². The van der Waals surface area contributed by atoms with E-state index in [-0.39, 0.29) is 18.4 Å². The van der Waals surface area contributed by atoms with Gasteiger partial charge in [0.1, 0.15) is 18.1 Å². The van der Waals surface area contributed by atoms with Gasteiger partial charge in [-0.15, -0.1) is 0 Å². The molecule has 0 radical (unpaired) electrons. The molecule has 0 aliphatic carbocycles. The first-order valence-electron chi connectivity index (χ1n) is 11.0. The SMILES string of the molecule is COc1ccc2c(c1)CN(C(=O)CN1C(=O)CCc3cc(-c4cc(N)ccn4)cnc31)CC2. The largest absolute Gasteiger partial charge is 0.497 e. The van der Waals surface area contributed by atoms with Gasteiger partial charge in [0.05, 0.1) is 12.8 Å². The van der Waals surface area contributed by atoms with E-state index in [9.17, 15) is 9.59 Å². The summed E-state index contributed by atoms with van der Waals surface area (Å²) in [6.07, 6.45) is 5.05. The fourth-order valence-electron chi connectivity index (χ4n) is 4.44. The zero-order chi connectivity index (χ0) is 22.9. The van der Waals surface area contributed by atoms with Crippen molar-refractivity contribution in [2.45, 2.75) is 25.8 Å². The molecule has 2 aliphatic rings. The number of methoxy groups -OCH3 is 1. The number of hydrogen-bond donors (Lipinski definition) is 1. The summed E-state index contributed by atoms with van der Waals surface area (Å²) in [6, 6.07) is 11.5. The molecule has 0 saturated carbocycles. The molecule has 2 amide bonds. The van der Waals surface area contributed by atoms with Crippen molar-refractivity contribution in [3.8, 4) is 17.0 Å². The number of aryl methyl sites for hydroxylation is 1. The van der Waals surface area contributed by atoms with Gasteiger partial charge >= 0.3 is 0 Å². The Morgan fingerprint density at radius 2 is 1.94 bits per heavy atom. The van der Waals surface area contributed by atoms with E-state index in [1.54, 1.807) is 36.5 Å². The molecule has 2 aliphatic heterocycles. The van der Waals surface area contributed by atoms with Crippen molar-refractivity contribution < 1.29 is 14.3 Å². The first-order chi connectivity index (χ1) is 16.0. The van der Waals surface area contributed by atoms with Gasteiger partial charge in [0, 0.05) is 43.2 Å². The Bertz CT molecular complexity index is 1240. The number of benzene rings is 1. The van der Waals surface area contributed by atoms with Crippen LogP contribution in [0.5, 0.6) is 5.75 Å². The van der Waals surface area contributed by atoms with Crippen LogP contribution in [-0.4, -0.2) is 46.9 Å². The van der Waals surface area contributed by atoms with Gasteiger partial charge in [-0.1, -0.05) is 6.07 Å². The van der Waals surface area contributed by atoms with E-state index in [0.717, 1.165) is 34.6 Å². The summed E-state index contributed by atoms with van der Waals surface area (Å²) in [5.41, 5.74) is 11.3. The fourth-order valence-corrected chi connectivity index (χ4v) is 4.44. The van der Waals surface area contributed by atoms with Crippen molar-refractivity contribution in [2.24, 2.45) is 0 Å². The van der Waals surface area contributed by atoms with Crippen LogP contribution in [0.4, 0.5) is 11.5 Å². The highest BCUT2D eigenvalue weighted by Gasteiger charge is 2.30. The maximum absolute atomic E-state index is 13.2. The fraction of sp³-hybridized carbons (Fsp3) is 0.280. The van der Waals surface area contributed by atoms with Crippen LogP contribution in [-0.2, 0) is 29.0 Å². The molecule has 0 saturated heterocycles. The Labute approximate surface area is 192 Å². The van der Waals surface area contributed by atoms with Crippen molar-refractivity contribution in [1.29, 1.82) is 0 Å². The van der Waals surface area contributed by atoms with Crippen LogP contribution in [0, 0.1) is 0 Å². The van der Waals surface area contributed by atoms with Gasteiger partial charge in [-0.2, -0.15) is 0 Å². The zero-order valence-corrected chi connectivity index (χ0v) is 18.5. The summed E-state index contributed by atoms with van der Waals surface area (Å²) in [6.45, 7) is 1.11. The molecule has 5 rings (SSSR count). The molecule has 4 heterocycles. The molecule has 8 nitrogen and oxygen atoms in total. The second kappa shape index (κ2) is 8.54. The summed E-state index contributed by atoms with van der Waals surface area (Å²) >= 11 is 0. The molecule has 2 aromatic heterocycles. The molecule has 33 heavy (non-hydrogen) atoms. The third kappa shape index (κ3) is 4.11. The monoisotopic (exact) mass is 443 g/mol. The van der Waals surface area contributed by atoms with E-state index in [1.165, 1.54) is 10.5 Å². The van der Waals surface area contributed by atoms with Gasteiger partial charge < -0.3 is 15.4 Å². The van der Waals surface area contributed by atoms with Gasteiger partial charge in [0.2, 0.25) is 11.8 Å². The number of pyridine rings is 2.